The maximum Gasteiger partial charge on any atom is 0.140 e. The predicted octanol–water partition coefficient (Wildman–Crippen LogP) is 3.46. The number of thiazole rings is 1. The summed E-state index contributed by atoms with van der Waals surface area (Å²) in [6, 6.07) is 8.04. The second kappa shape index (κ2) is 7.65. The Bertz CT molecular complexity index is 583. The minimum atomic E-state index is 0.514. The molecule has 0 aliphatic heterocycles. The summed E-state index contributed by atoms with van der Waals surface area (Å²) in [5, 5.41) is 6.28. The molecule has 0 amide bonds. The highest BCUT2D eigenvalue weighted by Crippen LogP contribution is 2.16. The van der Waals surface area contributed by atoms with Gasteiger partial charge in [0.05, 0.1) is 5.69 Å². The van der Waals surface area contributed by atoms with Crippen LogP contribution >= 0.6 is 11.3 Å². The molecule has 1 heterocycles. The van der Waals surface area contributed by atoms with Crippen LogP contribution in [0.4, 0.5) is 0 Å². The van der Waals surface area contributed by atoms with Crippen LogP contribution in [0.2, 0.25) is 0 Å². The van der Waals surface area contributed by atoms with Crippen LogP contribution in [0.5, 0.6) is 5.75 Å². The van der Waals surface area contributed by atoms with Crippen LogP contribution in [0.25, 0.3) is 0 Å². The first kappa shape index (κ1) is 14.5. The summed E-state index contributed by atoms with van der Waals surface area (Å²) in [7, 11) is 0. The van der Waals surface area contributed by atoms with E-state index in [1.165, 1.54) is 5.56 Å². The lowest BCUT2D eigenvalue weighted by Crippen LogP contribution is -2.12. The molecule has 0 radical (unpaired) electrons. The highest BCUT2D eigenvalue weighted by Gasteiger charge is 2.02. The minimum absolute atomic E-state index is 0.514. The number of hydrogen-bond donors (Lipinski definition) is 1. The first-order valence-corrected chi connectivity index (χ1v) is 7.33. The summed E-state index contributed by atoms with van der Waals surface area (Å²) in [5.41, 5.74) is 4.99. The molecule has 2 aromatic rings. The van der Waals surface area contributed by atoms with Crippen molar-refractivity contribution in [3.05, 3.63) is 64.3 Å². The van der Waals surface area contributed by atoms with Crippen molar-refractivity contribution in [2.75, 3.05) is 6.54 Å². The monoisotopic (exact) mass is 286 g/mol. The lowest BCUT2D eigenvalue weighted by molar-refractivity contribution is 0.305. The third kappa shape index (κ3) is 4.67. The number of ether oxygens (including phenoxy) is 1. The Balaban J connectivity index is 1.80. The van der Waals surface area contributed by atoms with Crippen LogP contribution in [0.15, 0.2) is 48.0 Å². The third-order valence-electron chi connectivity index (χ3n) is 2.68. The number of hydrogen-bond acceptors (Lipinski definition) is 4. The van der Waals surface area contributed by atoms with Crippen molar-refractivity contribution in [1.82, 2.24) is 10.3 Å². The van der Waals surface area contributed by atoms with E-state index in [0.717, 1.165) is 29.5 Å². The Labute approximate surface area is 123 Å². The summed E-state index contributed by atoms with van der Waals surface area (Å²) in [4.78, 5) is 4.52. The SMILES string of the molecule is C=C=CCNCc1csc(COc2ccc(C)cc2)n1. The van der Waals surface area contributed by atoms with Crippen LogP contribution in [-0.2, 0) is 13.2 Å². The molecule has 0 aliphatic rings. The van der Waals surface area contributed by atoms with E-state index in [9.17, 15) is 0 Å². The van der Waals surface area contributed by atoms with E-state index in [0.29, 0.717) is 6.61 Å². The molecule has 1 N–H and O–H groups in total. The largest absolute Gasteiger partial charge is 0.486 e. The third-order valence-corrected chi connectivity index (χ3v) is 3.55. The molecular weight excluding hydrogens is 268 g/mol. The number of rotatable bonds is 7. The van der Waals surface area contributed by atoms with E-state index in [1.54, 1.807) is 11.3 Å². The Kier molecular flexibility index (Phi) is 5.56. The molecule has 3 nitrogen and oxygen atoms in total. The van der Waals surface area contributed by atoms with Crippen molar-refractivity contribution in [3.8, 4) is 5.75 Å². The molecule has 0 spiro atoms. The van der Waals surface area contributed by atoms with Crippen molar-refractivity contribution in [2.24, 2.45) is 0 Å². The lowest BCUT2D eigenvalue weighted by Gasteiger charge is -2.03. The fourth-order valence-corrected chi connectivity index (χ4v) is 2.33. The van der Waals surface area contributed by atoms with E-state index in [2.05, 4.69) is 34.9 Å². The van der Waals surface area contributed by atoms with Crippen LogP contribution in [0.3, 0.4) is 0 Å². The van der Waals surface area contributed by atoms with Gasteiger partial charge in [-0.1, -0.05) is 24.3 Å². The molecule has 2 rings (SSSR count). The molecule has 0 bridgehead atoms. The zero-order chi connectivity index (χ0) is 14.2. The molecular formula is C16H18N2OS. The van der Waals surface area contributed by atoms with E-state index in [4.69, 9.17) is 4.74 Å². The highest BCUT2D eigenvalue weighted by atomic mass is 32.1. The van der Waals surface area contributed by atoms with E-state index < -0.39 is 0 Å². The zero-order valence-electron chi connectivity index (χ0n) is 11.6. The van der Waals surface area contributed by atoms with Crippen molar-refractivity contribution in [3.63, 3.8) is 0 Å². The summed E-state index contributed by atoms with van der Waals surface area (Å²) < 4.78 is 5.71. The Morgan fingerprint density at radius 2 is 2.20 bits per heavy atom. The summed E-state index contributed by atoms with van der Waals surface area (Å²) in [5.74, 6) is 0.876. The molecule has 0 unspecified atom stereocenters. The van der Waals surface area contributed by atoms with Gasteiger partial charge in [-0.3, -0.25) is 0 Å². The van der Waals surface area contributed by atoms with Gasteiger partial charge in [0.1, 0.15) is 17.4 Å². The maximum absolute atomic E-state index is 5.71. The molecule has 0 fully saturated rings. The van der Waals surface area contributed by atoms with Crippen LogP contribution in [0, 0.1) is 6.92 Å². The number of aromatic nitrogens is 1. The van der Waals surface area contributed by atoms with Gasteiger partial charge in [-0.15, -0.1) is 17.1 Å². The fourth-order valence-electron chi connectivity index (χ4n) is 1.62. The normalized spacial score (nSPS) is 10.1. The molecule has 0 aliphatic carbocycles. The van der Waals surface area contributed by atoms with Gasteiger partial charge in [-0.2, -0.15) is 0 Å². The van der Waals surface area contributed by atoms with Crippen LogP contribution < -0.4 is 10.1 Å². The highest BCUT2D eigenvalue weighted by molar-refractivity contribution is 7.09. The molecule has 1 aromatic carbocycles. The second-order valence-corrected chi connectivity index (χ2v) is 5.32. The van der Waals surface area contributed by atoms with E-state index >= 15 is 0 Å². The van der Waals surface area contributed by atoms with Gasteiger partial charge in [-0.25, -0.2) is 4.98 Å². The lowest BCUT2D eigenvalue weighted by atomic mass is 10.2. The Morgan fingerprint density at radius 3 is 2.95 bits per heavy atom. The van der Waals surface area contributed by atoms with Gasteiger partial charge in [0.15, 0.2) is 0 Å². The van der Waals surface area contributed by atoms with Gasteiger partial charge in [0.2, 0.25) is 0 Å². The Hall–Kier alpha value is -1.87. The van der Waals surface area contributed by atoms with Crippen LogP contribution in [-0.4, -0.2) is 11.5 Å². The van der Waals surface area contributed by atoms with Crippen molar-refractivity contribution < 1.29 is 4.74 Å². The second-order valence-electron chi connectivity index (χ2n) is 4.37. The summed E-state index contributed by atoms with van der Waals surface area (Å²) >= 11 is 1.62. The van der Waals surface area contributed by atoms with Gasteiger partial charge in [0, 0.05) is 18.5 Å². The minimum Gasteiger partial charge on any atom is -0.486 e. The molecule has 0 saturated carbocycles. The first-order valence-electron chi connectivity index (χ1n) is 6.45. The van der Waals surface area contributed by atoms with Gasteiger partial charge < -0.3 is 10.1 Å². The average molecular weight is 286 g/mol. The smallest absolute Gasteiger partial charge is 0.140 e. The quantitative estimate of drug-likeness (QED) is 0.625. The average Bonchev–Trinajstić information content (AvgIpc) is 2.91. The van der Waals surface area contributed by atoms with Crippen molar-refractivity contribution in [1.29, 1.82) is 0 Å². The number of benzene rings is 1. The molecule has 0 atom stereocenters. The van der Waals surface area contributed by atoms with Gasteiger partial charge in [0.25, 0.3) is 0 Å². The molecule has 1 aromatic heterocycles. The van der Waals surface area contributed by atoms with Crippen LogP contribution in [0.1, 0.15) is 16.3 Å². The molecule has 4 heteroatoms. The van der Waals surface area contributed by atoms with Crippen molar-refractivity contribution >= 4 is 11.3 Å². The van der Waals surface area contributed by atoms with Gasteiger partial charge in [-0.05, 0) is 25.1 Å². The number of aryl methyl sites for hydroxylation is 1. The maximum atomic E-state index is 5.71. The predicted molar refractivity (Wildman–Crippen MR) is 83.0 cm³/mol. The fraction of sp³-hybridized carbons (Fsp3) is 0.250. The molecule has 20 heavy (non-hydrogen) atoms. The van der Waals surface area contributed by atoms with E-state index in [-0.39, 0.29) is 0 Å². The van der Waals surface area contributed by atoms with Gasteiger partial charge >= 0.3 is 0 Å². The summed E-state index contributed by atoms with van der Waals surface area (Å²) in [6.45, 7) is 7.60. The summed E-state index contributed by atoms with van der Waals surface area (Å²) in [6.07, 6.45) is 1.85. The topological polar surface area (TPSA) is 34.1 Å². The van der Waals surface area contributed by atoms with E-state index in [1.807, 2.05) is 30.3 Å². The van der Waals surface area contributed by atoms with Crippen molar-refractivity contribution in [2.45, 2.75) is 20.1 Å². The molecule has 104 valence electrons. The number of nitrogens with one attached hydrogen (secondary N) is 1. The standard InChI is InChI=1S/C16H18N2OS/c1-3-4-9-17-10-14-12-20-16(18-14)11-19-15-7-5-13(2)6-8-15/h4-8,12,17H,1,9-11H2,2H3. The molecule has 0 saturated heterocycles. The zero-order valence-corrected chi connectivity index (χ0v) is 12.4. The first-order chi connectivity index (χ1) is 9.78. The Morgan fingerprint density at radius 1 is 1.40 bits per heavy atom. The number of nitrogens with zero attached hydrogens (tertiary/aromatic N) is 1.